The maximum absolute atomic E-state index is 12.1. The van der Waals surface area contributed by atoms with E-state index in [-0.39, 0.29) is 57.9 Å². The van der Waals surface area contributed by atoms with Crippen molar-refractivity contribution in [2.45, 2.75) is 142 Å². The van der Waals surface area contributed by atoms with Gasteiger partial charge in [-0.15, -0.1) is 0 Å². The van der Waals surface area contributed by atoms with Gasteiger partial charge in [-0.05, 0) is 105 Å². The van der Waals surface area contributed by atoms with E-state index in [1.165, 1.54) is 13.5 Å². The lowest BCUT2D eigenvalue weighted by molar-refractivity contribution is -0.243. The molecule has 43 heavy (non-hydrogen) atoms. The molecule has 1 aliphatic heterocycles. The number of hydrogen-bond donors (Lipinski definition) is 3. The lowest BCUT2D eigenvalue weighted by Crippen LogP contribution is -2.70. The number of morpholine rings is 1. The molecule has 5 saturated carbocycles. The minimum atomic E-state index is -0.828. The van der Waals surface area contributed by atoms with Crippen LogP contribution in [-0.4, -0.2) is 89.9 Å². The van der Waals surface area contributed by atoms with E-state index in [2.05, 4.69) is 27.7 Å². The third-order valence-corrected chi connectivity index (χ3v) is 14.1. The molecule has 0 aromatic carbocycles. The molecular formula is C34H58N2O7. The van der Waals surface area contributed by atoms with Crippen molar-refractivity contribution in [3.63, 3.8) is 0 Å². The smallest absolute Gasteiger partial charge is 0.409 e. The van der Waals surface area contributed by atoms with Gasteiger partial charge in [-0.3, -0.25) is 0 Å². The molecule has 4 N–H and O–H groups in total. The molecule has 1 saturated heterocycles. The molecule has 9 nitrogen and oxygen atoms in total. The van der Waals surface area contributed by atoms with Gasteiger partial charge in [0.1, 0.15) is 0 Å². The highest BCUT2D eigenvalue weighted by molar-refractivity contribution is 5.67. The Labute approximate surface area is 258 Å². The molecule has 0 aromatic heterocycles. The number of hydrogen-bond acceptors (Lipinski definition) is 8. The van der Waals surface area contributed by atoms with Crippen molar-refractivity contribution in [1.82, 2.24) is 4.90 Å². The summed E-state index contributed by atoms with van der Waals surface area (Å²) in [6.07, 6.45) is 6.07. The largest absolute Gasteiger partial charge is 0.453 e. The van der Waals surface area contributed by atoms with Gasteiger partial charge in [-0.1, -0.05) is 27.7 Å². The zero-order valence-electron chi connectivity index (χ0n) is 27.9. The molecule has 2 spiro atoms. The topological polar surface area (TPSA) is 124 Å². The SMILES string of the molecule is COC(=O)N1CCO[C@@H](OC2CCC34CC35CCC3(C)[C@@H](C)C(O[C@@H](C)CC(C)(C)O)[C@H](O)[C@@]3(N)C5CC[C@H]4C2(C)C)C1. The molecule has 5 aliphatic carbocycles. The number of nitrogens with zero attached hydrogens (tertiary/aromatic N) is 1. The molecule has 6 fully saturated rings. The van der Waals surface area contributed by atoms with Gasteiger partial charge in [-0.2, -0.15) is 0 Å². The number of methoxy groups -OCH3 is 1. The molecule has 9 heteroatoms. The van der Waals surface area contributed by atoms with Crippen molar-refractivity contribution in [1.29, 1.82) is 0 Å². The standard InChI is InChI=1S/C34H58N2O7/c1-20(17-29(3,4)39)42-26-21(2)31(7)13-14-33-19-32(33)12-11-24(43-25-18-36(15-16-41-25)28(38)40-8)30(5,6)22(32)9-10-23(33)34(31,35)27(26)37/h20-27,37,39H,9-19,35H2,1-8H3/t20-,21-,22-,23?,24?,25-,26?,27-,31?,32?,33?,34-/m0/s1. The van der Waals surface area contributed by atoms with Crippen molar-refractivity contribution in [2.75, 3.05) is 26.8 Å². The Morgan fingerprint density at radius 3 is 2.47 bits per heavy atom. The van der Waals surface area contributed by atoms with Crippen molar-refractivity contribution in [3.05, 3.63) is 0 Å². The number of carbonyl (C=O) groups excluding carboxylic acids is 1. The fourth-order valence-corrected chi connectivity index (χ4v) is 11.9. The van der Waals surface area contributed by atoms with Gasteiger partial charge >= 0.3 is 6.09 Å². The van der Waals surface area contributed by atoms with E-state index in [0.29, 0.717) is 32.0 Å². The summed E-state index contributed by atoms with van der Waals surface area (Å²) < 4.78 is 24.1. The zero-order valence-corrected chi connectivity index (χ0v) is 27.9. The minimum Gasteiger partial charge on any atom is -0.453 e. The average molecular weight is 607 g/mol. The van der Waals surface area contributed by atoms with Crippen LogP contribution in [0.25, 0.3) is 0 Å². The van der Waals surface area contributed by atoms with Crippen LogP contribution >= 0.6 is 0 Å². The van der Waals surface area contributed by atoms with Gasteiger partial charge in [-0.25, -0.2) is 4.79 Å². The van der Waals surface area contributed by atoms with E-state index in [1.54, 1.807) is 4.90 Å². The lowest BCUT2D eigenvalue weighted by Gasteiger charge is -2.63. The second kappa shape index (κ2) is 10.3. The Morgan fingerprint density at radius 1 is 1.12 bits per heavy atom. The molecular weight excluding hydrogens is 548 g/mol. The summed E-state index contributed by atoms with van der Waals surface area (Å²) in [6.45, 7) is 16.3. The fourth-order valence-electron chi connectivity index (χ4n) is 11.9. The molecule has 12 atom stereocenters. The number of aliphatic hydroxyl groups is 2. The second-order valence-electron chi connectivity index (χ2n) is 16.9. The monoisotopic (exact) mass is 606 g/mol. The van der Waals surface area contributed by atoms with Crippen molar-refractivity contribution >= 4 is 6.09 Å². The third-order valence-electron chi connectivity index (χ3n) is 14.1. The third kappa shape index (κ3) is 4.49. The van der Waals surface area contributed by atoms with E-state index in [0.717, 1.165) is 38.5 Å². The van der Waals surface area contributed by atoms with Crippen molar-refractivity contribution in [2.24, 2.45) is 45.1 Å². The normalized spacial score (nSPS) is 49.3. The highest BCUT2D eigenvalue weighted by Crippen LogP contribution is 2.87. The highest BCUT2D eigenvalue weighted by atomic mass is 16.7. The van der Waals surface area contributed by atoms with Crippen LogP contribution in [0.15, 0.2) is 0 Å². The molecule has 0 aromatic rings. The predicted molar refractivity (Wildman–Crippen MR) is 162 cm³/mol. The first-order chi connectivity index (χ1) is 20.0. The van der Waals surface area contributed by atoms with E-state index in [4.69, 9.17) is 24.7 Å². The molecule has 1 heterocycles. The Kier molecular flexibility index (Phi) is 7.64. The maximum atomic E-state index is 12.1. The maximum Gasteiger partial charge on any atom is 0.409 e. The van der Waals surface area contributed by atoms with Crippen molar-refractivity contribution in [3.8, 4) is 0 Å². The number of carbonyl (C=O) groups is 1. The molecule has 6 rings (SSSR count). The first-order valence-electron chi connectivity index (χ1n) is 16.9. The number of amides is 1. The molecule has 6 aliphatic rings. The van der Waals surface area contributed by atoms with E-state index >= 15 is 0 Å². The summed E-state index contributed by atoms with van der Waals surface area (Å²) in [7, 11) is 1.41. The van der Waals surface area contributed by atoms with Crippen LogP contribution in [0.4, 0.5) is 4.79 Å². The first-order valence-corrected chi connectivity index (χ1v) is 16.9. The Hall–Kier alpha value is -0.970. The first kappa shape index (κ1) is 32.0. The van der Waals surface area contributed by atoms with Gasteiger partial charge in [0.15, 0.2) is 6.29 Å². The van der Waals surface area contributed by atoms with Crippen LogP contribution in [0.2, 0.25) is 0 Å². The summed E-state index contributed by atoms with van der Waals surface area (Å²) in [5, 5.41) is 22.5. The lowest BCUT2D eigenvalue weighted by atomic mass is 9.44. The van der Waals surface area contributed by atoms with Crippen LogP contribution < -0.4 is 5.73 Å². The molecule has 6 unspecified atom stereocenters. The van der Waals surface area contributed by atoms with E-state index in [9.17, 15) is 15.0 Å². The molecule has 0 bridgehead atoms. The average Bonchev–Trinajstić information content (AvgIpc) is 3.58. The number of fused-ring (bicyclic) bond motifs is 2. The van der Waals surface area contributed by atoms with Gasteiger partial charge in [0.05, 0.1) is 55.8 Å². The van der Waals surface area contributed by atoms with Crippen LogP contribution in [0.1, 0.15) is 99.8 Å². The second-order valence-corrected chi connectivity index (χ2v) is 16.9. The van der Waals surface area contributed by atoms with E-state index < -0.39 is 23.5 Å². The Balaban J connectivity index is 1.21. The zero-order chi connectivity index (χ0) is 31.4. The van der Waals surface area contributed by atoms with Crippen LogP contribution in [-0.2, 0) is 18.9 Å². The van der Waals surface area contributed by atoms with Crippen LogP contribution in [0, 0.1) is 39.4 Å². The Bertz CT molecular complexity index is 1100. The summed E-state index contributed by atoms with van der Waals surface area (Å²) >= 11 is 0. The summed E-state index contributed by atoms with van der Waals surface area (Å²) in [4.78, 5) is 13.8. The van der Waals surface area contributed by atoms with Gasteiger partial charge in [0.25, 0.3) is 0 Å². The van der Waals surface area contributed by atoms with Crippen molar-refractivity contribution < 1.29 is 34.0 Å². The number of rotatable bonds is 6. The van der Waals surface area contributed by atoms with Gasteiger partial charge in [0.2, 0.25) is 0 Å². The predicted octanol–water partition coefficient (Wildman–Crippen LogP) is 4.46. The molecule has 1 amide bonds. The highest BCUT2D eigenvalue weighted by Gasteiger charge is 2.84. The minimum absolute atomic E-state index is 0.0488. The summed E-state index contributed by atoms with van der Waals surface area (Å²) in [5.41, 5.74) is 6.21. The van der Waals surface area contributed by atoms with E-state index in [1.807, 2.05) is 20.8 Å². The molecule has 246 valence electrons. The quantitative estimate of drug-likeness (QED) is 0.405. The number of ether oxygens (including phenoxy) is 4. The summed E-state index contributed by atoms with van der Waals surface area (Å²) in [6, 6.07) is 0. The van der Waals surface area contributed by atoms with Crippen LogP contribution in [0.3, 0.4) is 0 Å². The fraction of sp³-hybridized carbons (Fsp3) is 0.971. The Morgan fingerprint density at radius 2 is 1.79 bits per heavy atom. The van der Waals surface area contributed by atoms with Crippen LogP contribution in [0.5, 0.6) is 0 Å². The van der Waals surface area contributed by atoms with Gasteiger partial charge in [0, 0.05) is 13.0 Å². The summed E-state index contributed by atoms with van der Waals surface area (Å²) in [5.74, 6) is 0.898. The number of nitrogens with two attached hydrogens (primary N) is 1. The number of aliphatic hydroxyl groups excluding tert-OH is 1. The van der Waals surface area contributed by atoms with Gasteiger partial charge < -0.3 is 39.8 Å². The molecule has 0 radical (unpaired) electrons.